The number of benzene rings is 1. The van der Waals surface area contributed by atoms with Crippen LogP contribution in [0.2, 0.25) is 0 Å². The fourth-order valence-corrected chi connectivity index (χ4v) is 3.05. The van der Waals surface area contributed by atoms with Gasteiger partial charge >= 0.3 is 0 Å². The van der Waals surface area contributed by atoms with Gasteiger partial charge in [0.2, 0.25) is 5.91 Å². The normalized spacial score (nSPS) is 14.3. The number of hydrogen-bond donors (Lipinski definition) is 2. The molecule has 1 aromatic carbocycles. The molecule has 1 aromatic heterocycles. The van der Waals surface area contributed by atoms with E-state index in [1.165, 1.54) is 17.4 Å². The molecular formula is C16H20N2O3S. The van der Waals surface area contributed by atoms with Crippen molar-refractivity contribution in [1.82, 2.24) is 10.3 Å². The van der Waals surface area contributed by atoms with E-state index in [9.17, 15) is 4.79 Å². The highest BCUT2D eigenvalue weighted by Crippen LogP contribution is 2.22. The second kappa shape index (κ2) is 7.49. The first-order chi connectivity index (χ1) is 10.6. The molecule has 22 heavy (non-hydrogen) atoms. The summed E-state index contributed by atoms with van der Waals surface area (Å²) in [4.78, 5) is 16.5. The van der Waals surface area contributed by atoms with Crippen molar-refractivity contribution >= 4 is 33.5 Å². The van der Waals surface area contributed by atoms with Gasteiger partial charge in [0.1, 0.15) is 5.01 Å². The van der Waals surface area contributed by atoms with Crippen LogP contribution in [0.25, 0.3) is 16.3 Å². The summed E-state index contributed by atoms with van der Waals surface area (Å²) >= 11 is 1.54. The Morgan fingerprint density at radius 2 is 2.27 bits per heavy atom. The van der Waals surface area contributed by atoms with Crippen LogP contribution in [0.1, 0.15) is 18.4 Å². The maximum absolute atomic E-state index is 12.0. The van der Waals surface area contributed by atoms with Crippen molar-refractivity contribution in [3.05, 3.63) is 35.3 Å². The minimum atomic E-state index is -0.585. The van der Waals surface area contributed by atoms with E-state index in [-0.39, 0.29) is 12.5 Å². The molecule has 2 aromatic rings. The first-order valence-corrected chi connectivity index (χ1v) is 7.83. The zero-order chi connectivity index (χ0) is 16.0. The van der Waals surface area contributed by atoms with Gasteiger partial charge in [0, 0.05) is 19.8 Å². The number of nitrogens with zero attached hydrogens (tertiary/aromatic N) is 1. The van der Waals surface area contributed by atoms with Gasteiger partial charge in [-0.25, -0.2) is 4.98 Å². The fraction of sp³-hybridized carbons (Fsp3) is 0.375. The number of aliphatic hydroxyl groups is 1. The standard InChI is InChI=1S/C16H20N2O3S/c1-16(9-10-19,11-21-2)18-14(20)7-8-15-17-12-5-3-4-6-13(12)22-15/h3-8,19H,9-11H2,1-2H3,(H,18,20)/b8-7+. The van der Waals surface area contributed by atoms with Gasteiger partial charge in [-0.05, 0) is 31.6 Å². The van der Waals surface area contributed by atoms with Crippen molar-refractivity contribution in [2.75, 3.05) is 20.3 Å². The van der Waals surface area contributed by atoms with Crippen LogP contribution in [0.3, 0.4) is 0 Å². The second-order valence-electron chi connectivity index (χ2n) is 5.31. The number of thiazole rings is 1. The minimum Gasteiger partial charge on any atom is -0.396 e. The highest BCUT2D eigenvalue weighted by Gasteiger charge is 2.24. The lowest BCUT2D eigenvalue weighted by molar-refractivity contribution is -0.119. The average molecular weight is 320 g/mol. The molecule has 0 saturated heterocycles. The summed E-state index contributed by atoms with van der Waals surface area (Å²) in [5, 5.41) is 12.7. The summed E-state index contributed by atoms with van der Waals surface area (Å²) in [6.07, 6.45) is 3.59. The third-order valence-electron chi connectivity index (χ3n) is 3.24. The molecule has 0 spiro atoms. The molecule has 0 radical (unpaired) electrons. The van der Waals surface area contributed by atoms with Crippen molar-refractivity contribution in [2.45, 2.75) is 18.9 Å². The Morgan fingerprint density at radius 1 is 1.50 bits per heavy atom. The number of para-hydroxylation sites is 1. The van der Waals surface area contributed by atoms with Crippen molar-refractivity contribution in [1.29, 1.82) is 0 Å². The Kier molecular flexibility index (Phi) is 5.65. The van der Waals surface area contributed by atoms with Crippen LogP contribution >= 0.6 is 11.3 Å². The lowest BCUT2D eigenvalue weighted by Crippen LogP contribution is -2.49. The minimum absolute atomic E-state index is 0.0122. The fourth-order valence-electron chi connectivity index (χ4n) is 2.18. The topological polar surface area (TPSA) is 71.5 Å². The zero-order valence-corrected chi connectivity index (χ0v) is 13.5. The van der Waals surface area contributed by atoms with Gasteiger partial charge in [-0.2, -0.15) is 0 Å². The van der Waals surface area contributed by atoms with E-state index >= 15 is 0 Å². The lowest BCUT2D eigenvalue weighted by Gasteiger charge is -2.28. The third-order valence-corrected chi connectivity index (χ3v) is 4.24. The molecular weight excluding hydrogens is 300 g/mol. The van der Waals surface area contributed by atoms with E-state index in [4.69, 9.17) is 9.84 Å². The summed E-state index contributed by atoms with van der Waals surface area (Å²) in [5.74, 6) is -0.229. The van der Waals surface area contributed by atoms with E-state index < -0.39 is 5.54 Å². The van der Waals surface area contributed by atoms with E-state index in [0.29, 0.717) is 13.0 Å². The van der Waals surface area contributed by atoms with Gasteiger partial charge in [-0.15, -0.1) is 11.3 Å². The molecule has 6 heteroatoms. The smallest absolute Gasteiger partial charge is 0.244 e. The van der Waals surface area contributed by atoms with E-state index in [0.717, 1.165) is 15.2 Å². The highest BCUT2D eigenvalue weighted by molar-refractivity contribution is 7.19. The van der Waals surface area contributed by atoms with Gasteiger partial charge in [-0.1, -0.05) is 12.1 Å². The van der Waals surface area contributed by atoms with Gasteiger partial charge < -0.3 is 15.2 Å². The molecule has 0 fully saturated rings. The van der Waals surface area contributed by atoms with Gasteiger partial charge in [0.25, 0.3) is 0 Å². The van der Waals surface area contributed by atoms with Crippen molar-refractivity contribution in [3.8, 4) is 0 Å². The summed E-state index contributed by atoms with van der Waals surface area (Å²) in [7, 11) is 1.57. The number of methoxy groups -OCH3 is 1. The Balaban J connectivity index is 2.03. The summed E-state index contributed by atoms with van der Waals surface area (Å²) < 4.78 is 6.19. The van der Waals surface area contributed by atoms with Crippen molar-refractivity contribution < 1.29 is 14.6 Å². The number of amides is 1. The predicted octanol–water partition coefficient (Wildman–Crippen LogP) is 2.21. The molecule has 0 aliphatic rings. The molecule has 1 unspecified atom stereocenters. The number of aromatic nitrogens is 1. The number of ether oxygens (including phenoxy) is 1. The number of nitrogens with one attached hydrogen (secondary N) is 1. The quantitative estimate of drug-likeness (QED) is 0.767. The molecule has 1 heterocycles. The SMILES string of the molecule is COCC(C)(CCO)NC(=O)/C=C/c1nc2ccccc2s1. The molecule has 1 amide bonds. The Bertz CT molecular complexity index is 627. The largest absolute Gasteiger partial charge is 0.396 e. The van der Waals surface area contributed by atoms with E-state index in [1.54, 1.807) is 13.2 Å². The maximum Gasteiger partial charge on any atom is 0.244 e. The van der Waals surface area contributed by atoms with Crippen LogP contribution in [0.15, 0.2) is 30.3 Å². The van der Waals surface area contributed by atoms with E-state index in [1.807, 2.05) is 31.2 Å². The van der Waals surface area contributed by atoms with Crippen LogP contribution < -0.4 is 5.32 Å². The lowest BCUT2D eigenvalue weighted by atomic mass is 9.99. The summed E-state index contributed by atoms with van der Waals surface area (Å²) in [5.41, 5.74) is 0.343. The van der Waals surface area contributed by atoms with Crippen LogP contribution in [-0.4, -0.2) is 41.9 Å². The number of aliphatic hydroxyl groups excluding tert-OH is 1. The van der Waals surface area contributed by atoms with Crippen LogP contribution in [-0.2, 0) is 9.53 Å². The van der Waals surface area contributed by atoms with Crippen molar-refractivity contribution in [3.63, 3.8) is 0 Å². The van der Waals surface area contributed by atoms with Crippen molar-refractivity contribution in [2.24, 2.45) is 0 Å². The van der Waals surface area contributed by atoms with Gasteiger partial charge in [0.05, 0.1) is 22.4 Å². The first-order valence-electron chi connectivity index (χ1n) is 7.02. The number of fused-ring (bicyclic) bond motifs is 1. The zero-order valence-electron chi connectivity index (χ0n) is 12.7. The Hall–Kier alpha value is -1.76. The molecule has 2 rings (SSSR count). The van der Waals surface area contributed by atoms with Crippen LogP contribution in [0.5, 0.6) is 0 Å². The summed E-state index contributed by atoms with van der Waals surface area (Å²) in [6, 6.07) is 7.85. The number of carbonyl (C=O) groups excluding carboxylic acids is 1. The molecule has 5 nitrogen and oxygen atoms in total. The van der Waals surface area contributed by atoms with Gasteiger partial charge in [-0.3, -0.25) is 4.79 Å². The maximum atomic E-state index is 12.0. The molecule has 0 bridgehead atoms. The molecule has 2 N–H and O–H groups in total. The second-order valence-corrected chi connectivity index (χ2v) is 6.37. The first kappa shape index (κ1) is 16.6. The molecule has 118 valence electrons. The number of rotatable bonds is 7. The Morgan fingerprint density at radius 3 is 2.95 bits per heavy atom. The summed E-state index contributed by atoms with van der Waals surface area (Å²) in [6.45, 7) is 2.17. The molecule has 0 saturated carbocycles. The molecule has 0 aliphatic carbocycles. The predicted molar refractivity (Wildman–Crippen MR) is 88.8 cm³/mol. The van der Waals surface area contributed by atoms with Gasteiger partial charge in [0.15, 0.2) is 0 Å². The van der Waals surface area contributed by atoms with Crippen LogP contribution in [0.4, 0.5) is 0 Å². The monoisotopic (exact) mass is 320 g/mol. The number of hydrogen-bond acceptors (Lipinski definition) is 5. The molecule has 0 aliphatic heterocycles. The number of carbonyl (C=O) groups is 1. The molecule has 1 atom stereocenters. The van der Waals surface area contributed by atoms with E-state index in [2.05, 4.69) is 10.3 Å². The highest BCUT2D eigenvalue weighted by atomic mass is 32.1. The Labute approximate surface area is 133 Å². The van der Waals surface area contributed by atoms with Crippen LogP contribution in [0, 0.1) is 0 Å². The average Bonchev–Trinajstić information content (AvgIpc) is 2.88. The third kappa shape index (κ3) is 4.37.